The summed E-state index contributed by atoms with van der Waals surface area (Å²) in [5.74, 6) is -0.146. The third kappa shape index (κ3) is 3.66. The molecule has 14 heavy (non-hydrogen) atoms. The summed E-state index contributed by atoms with van der Waals surface area (Å²) in [6, 6.07) is 0. The number of carbonyl (C=O) groups is 1. The molecule has 1 N–H and O–H groups in total. The summed E-state index contributed by atoms with van der Waals surface area (Å²) in [5, 5.41) is 3.17. The molecule has 0 aromatic carbocycles. The zero-order valence-corrected chi connectivity index (χ0v) is 9.43. The van der Waals surface area contributed by atoms with Crippen molar-refractivity contribution in [3.05, 3.63) is 0 Å². The average Bonchev–Trinajstić information content (AvgIpc) is 2.84. The molecule has 1 fully saturated rings. The molecule has 1 aliphatic rings. The van der Waals surface area contributed by atoms with Crippen molar-refractivity contribution in [2.75, 3.05) is 13.1 Å². The summed E-state index contributed by atoms with van der Waals surface area (Å²) in [6.45, 7) is 7.25. The van der Waals surface area contributed by atoms with Crippen molar-refractivity contribution in [2.45, 2.75) is 46.1 Å². The number of carbonyl (C=O) groups excluding carboxylic acids is 1. The first-order valence-corrected chi connectivity index (χ1v) is 5.48. The van der Waals surface area contributed by atoms with E-state index in [1.165, 1.54) is 19.3 Å². The van der Waals surface area contributed by atoms with Crippen molar-refractivity contribution < 1.29 is 9.53 Å². The van der Waals surface area contributed by atoms with Crippen LogP contribution in [0.4, 0.5) is 0 Å². The second-order valence-electron chi connectivity index (χ2n) is 4.50. The number of hydrogen-bond donors (Lipinski definition) is 1. The van der Waals surface area contributed by atoms with Crippen LogP contribution in [0.3, 0.4) is 0 Å². The van der Waals surface area contributed by atoms with Crippen molar-refractivity contribution in [1.82, 2.24) is 5.32 Å². The van der Waals surface area contributed by atoms with Crippen LogP contribution >= 0.6 is 0 Å². The molecule has 82 valence electrons. The Morgan fingerprint density at radius 1 is 1.50 bits per heavy atom. The summed E-state index contributed by atoms with van der Waals surface area (Å²) >= 11 is 0. The molecular formula is C11H21NO2. The van der Waals surface area contributed by atoms with Crippen LogP contribution in [-0.2, 0) is 9.53 Å². The molecule has 3 heteroatoms. The van der Waals surface area contributed by atoms with Crippen LogP contribution in [0.2, 0.25) is 0 Å². The van der Waals surface area contributed by atoms with E-state index >= 15 is 0 Å². The van der Waals surface area contributed by atoms with Gasteiger partial charge in [-0.25, -0.2) is 0 Å². The van der Waals surface area contributed by atoms with Crippen molar-refractivity contribution >= 4 is 5.97 Å². The van der Waals surface area contributed by atoms with Gasteiger partial charge in [0.25, 0.3) is 0 Å². The molecule has 0 heterocycles. The smallest absolute Gasteiger partial charge is 0.320 e. The Labute approximate surface area is 86.2 Å². The first-order valence-electron chi connectivity index (χ1n) is 5.48. The molecule has 0 unspecified atom stereocenters. The Morgan fingerprint density at radius 2 is 2.14 bits per heavy atom. The quantitative estimate of drug-likeness (QED) is 0.662. The summed E-state index contributed by atoms with van der Waals surface area (Å²) in [6.07, 6.45) is 3.80. The average molecular weight is 199 g/mol. The van der Waals surface area contributed by atoms with Gasteiger partial charge in [0, 0.05) is 6.54 Å². The Morgan fingerprint density at radius 3 is 2.57 bits per heavy atom. The highest BCUT2D eigenvalue weighted by Crippen LogP contribution is 2.47. The zero-order chi connectivity index (χ0) is 10.6. The minimum Gasteiger partial charge on any atom is -0.462 e. The fraction of sp³-hybridized carbons (Fsp3) is 0.909. The van der Waals surface area contributed by atoms with Crippen LogP contribution in [0.25, 0.3) is 0 Å². The summed E-state index contributed by atoms with van der Waals surface area (Å²) in [7, 11) is 0. The van der Waals surface area contributed by atoms with Crippen LogP contribution in [-0.4, -0.2) is 25.2 Å². The molecule has 1 saturated carbocycles. The van der Waals surface area contributed by atoms with E-state index in [0.717, 1.165) is 6.54 Å². The molecule has 3 nitrogen and oxygen atoms in total. The second-order valence-corrected chi connectivity index (χ2v) is 4.50. The fourth-order valence-corrected chi connectivity index (χ4v) is 1.57. The normalized spacial score (nSPS) is 18.3. The van der Waals surface area contributed by atoms with Crippen LogP contribution in [0.5, 0.6) is 0 Å². The molecule has 0 bridgehead atoms. The fourth-order valence-electron chi connectivity index (χ4n) is 1.57. The first kappa shape index (κ1) is 11.5. The Kier molecular flexibility index (Phi) is 3.93. The van der Waals surface area contributed by atoms with Gasteiger partial charge in [-0.3, -0.25) is 4.79 Å². The second kappa shape index (κ2) is 4.78. The van der Waals surface area contributed by atoms with Gasteiger partial charge >= 0.3 is 5.97 Å². The third-order valence-corrected chi connectivity index (χ3v) is 2.84. The maximum atomic E-state index is 11.2. The first-order chi connectivity index (χ1) is 6.58. The lowest BCUT2D eigenvalue weighted by molar-refractivity contribution is -0.146. The van der Waals surface area contributed by atoms with Crippen LogP contribution in [0, 0.1) is 5.41 Å². The van der Waals surface area contributed by atoms with Gasteiger partial charge in [-0.15, -0.1) is 0 Å². The predicted molar refractivity (Wildman–Crippen MR) is 56.1 cm³/mol. The SMILES string of the molecule is CCC1(CNCC(=O)OC(C)C)CC1. The van der Waals surface area contributed by atoms with Gasteiger partial charge in [0.2, 0.25) is 0 Å². The van der Waals surface area contributed by atoms with Crippen LogP contribution < -0.4 is 5.32 Å². The number of rotatable bonds is 6. The van der Waals surface area contributed by atoms with Gasteiger partial charge in [-0.2, -0.15) is 0 Å². The van der Waals surface area contributed by atoms with Gasteiger partial charge in [0.1, 0.15) is 0 Å². The number of hydrogen-bond acceptors (Lipinski definition) is 3. The maximum Gasteiger partial charge on any atom is 0.320 e. The van der Waals surface area contributed by atoms with Gasteiger partial charge in [0.15, 0.2) is 0 Å². The number of esters is 1. The standard InChI is InChI=1S/C11H21NO2/c1-4-11(5-6-11)8-12-7-10(13)14-9(2)3/h9,12H,4-8H2,1-3H3. The minimum atomic E-state index is -0.146. The van der Waals surface area contributed by atoms with E-state index in [4.69, 9.17) is 4.74 Å². The molecule has 0 aromatic heterocycles. The van der Waals surface area contributed by atoms with Gasteiger partial charge in [0.05, 0.1) is 12.6 Å². The molecular weight excluding hydrogens is 178 g/mol. The summed E-state index contributed by atoms with van der Waals surface area (Å²) < 4.78 is 5.02. The molecule has 0 aromatic rings. The number of nitrogens with one attached hydrogen (secondary N) is 1. The van der Waals surface area contributed by atoms with E-state index in [2.05, 4.69) is 12.2 Å². The highest BCUT2D eigenvalue weighted by molar-refractivity contribution is 5.71. The lowest BCUT2D eigenvalue weighted by Crippen LogP contribution is -2.31. The van der Waals surface area contributed by atoms with E-state index in [1.807, 2.05) is 13.8 Å². The van der Waals surface area contributed by atoms with Crippen LogP contribution in [0.15, 0.2) is 0 Å². The molecule has 1 rings (SSSR count). The molecule has 0 radical (unpaired) electrons. The van der Waals surface area contributed by atoms with E-state index in [1.54, 1.807) is 0 Å². The third-order valence-electron chi connectivity index (χ3n) is 2.84. The van der Waals surface area contributed by atoms with Crippen molar-refractivity contribution in [3.8, 4) is 0 Å². The van der Waals surface area contributed by atoms with Crippen molar-refractivity contribution in [3.63, 3.8) is 0 Å². The molecule has 0 amide bonds. The van der Waals surface area contributed by atoms with Gasteiger partial charge in [-0.1, -0.05) is 6.92 Å². The Hall–Kier alpha value is -0.570. The summed E-state index contributed by atoms with van der Waals surface area (Å²) in [4.78, 5) is 11.2. The lowest BCUT2D eigenvalue weighted by Gasteiger charge is -2.13. The van der Waals surface area contributed by atoms with E-state index in [0.29, 0.717) is 12.0 Å². The zero-order valence-electron chi connectivity index (χ0n) is 9.43. The molecule has 0 atom stereocenters. The highest BCUT2D eigenvalue weighted by atomic mass is 16.5. The highest BCUT2D eigenvalue weighted by Gasteiger charge is 2.39. The van der Waals surface area contributed by atoms with E-state index < -0.39 is 0 Å². The summed E-state index contributed by atoms with van der Waals surface area (Å²) in [5.41, 5.74) is 0.498. The molecule has 0 saturated heterocycles. The lowest BCUT2D eigenvalue weighted by atomic mass is 10.0. The Bertz CT molecular complexity index is 197. The van der Waals surface area contributed by atoms with E-state index in [-0.39, 0.29) is 12.1 Å². The topological polar surface area (TPSA) is 38.3 Å². The largest absolute Gasteiger partial charge is 0.462 e. The maximum absolute atomic E-state index is 11.2. The molecule has 0 spiro atoms. The predicted octanol–water partition coefficient (Wildman–Crippen LogP) is 1.72. The van der Waals surface area contributed by atoms with Gasteiger partial charge in [-0.05, 0) is 38.5 Å². The van der Waals surface area contributed by atoms with E-state index in [9.17, 15) is 4.79 Å². The number of ether oxygens (including phenoxy) is 1. The van der Waals surface area contributed by atoms with Gasteiger partial charge < -0.3 is 10.1 Å². The molecule has 1 aliphatic carbocycles. The van der Waals surface area contributed by atoms with Crippen LogP contribution in [0.1, 0.15) is 40.0 Å². The Balaban J connectivity index is 2.06. The van der Waals surface area contributed by atoms with Crippen molar-refractivity contribution in [1.29, 1.82) is 0 Å². The van der Waals surface area contributed by atoms with Crippen molar-refractivity contribution in [2.24, 2.45) is 5.41 Å². The molecule has 0 aliphatic heterocycles. The minimum absolute atomic E-state index is 0.00893. The monoisotopic (exact) mass is 199 g/mol.